The van der Waals surface area contributed by atoms with Gasteiger partial charge in [0.1, 0.15) is 23.4 Å². The SMILES string of the molecule is CC(n1cc(-c2cncc(N3CCC(F)(F)C3)n2)nn1)n1ccc(Cl)cc1=O. The number of aromatic nitrogens is 6. The first-order chi connectivity index (χ1) is 13.3. The van der Waals surface area contributed by atoms with Crippen molar-refractivity contribution in [1.29, 1.82) is 0 Å². The van der Waals surface area contributed by atoms with E-state index in [1.807, 2.05) is 0 Å². The molecule has 3 aromatic rings. The van der Waals surface area contributed by atoms with Crippen molar-refractivity contribution < 1.29 is 8.78 Å². The first-order valence-electron chi connectivity index (χ1n) is 8.57. The topological polar surface area (TPSA) is 81.7 Å². The van der Waals surface area contributed by atoms with E-state index in [1.165, 1.54) is 32.6 Å². The molecule has 1 atom stereocenters. The fraction of sp³-hybridized carbons (Fsp3) is 0.353. The second-order valence-corrected chi connectivity index (χ2v) is 7.03. The molecule has 0 amide bonds. The van der Waals surface area contributed by atoms with Gasteiger partial charge in [-0.25, -0.2) is 18.4 Å². The molecule has 3 aromatic heterocycles. The zero-order valence-corrected chi connectivity index (χ0v) is 15.6. The summed E-state index contributed by atoms with van der Waals surface area (Å²) >= 11 is 5.82. The van der Waals surface area contributed by atoms with Crippen LogP contribution in [0.2, 0.25) is 5.02 Å². The number of anilines is 1. The highest BCUT2D eigenvalue weighted by Gasteiger charge is 2.38. The Hall–Kier alpha value is -2.88. The number of pyridine rings is 1. The van der Waals surface area contributed by atoms with Gasteiger partial charge in [-0.3, -0.25) is 14.3 Å². The monoisotopic (exact) mass is 407 g/mol. The molecule has 8 nitrogen and oxygen atoms in total. The minimum atomic E-state index is -2.72. The van der Waals surface area contributed by atoms with Gasteiger partial charge in [0, 0.05) is 30.3 Å². The van der Waals surface area contributed by atoms with E-state index in [4.69, 9.17) is 11.6 Å². The fourth-order valence-corrected chi connectivity index (χ4v) is 3.19. The van der Waals surface area contributed by atoms with Crippen LogP contribution in [-0.2, 0) is 0 Å². The van der Waals surface area contributed by atoms with Crippen molar-refractivity contribution in [3.8, 4) is 11.4 Å². The molecule has 1 aliphatic rings. The molecule has 1 aliphatic heterocycles. The number of hydrogen-bond donors (Lipinski definition) is 0. The lowest BCUT2D eigenvalue weighted by Gasteiger charge is -2.16. The van der Waals surface area contributed by atoms with Crippen LogP contribution < -0.4 is 10.5 Å². The highest BCUT2D eigenvalue weighted by atomic mass is 35.5. The zero-order valence-electron chi connectivity index (χ0n) is 14.8. The summed E-state index contributed by atoms with van der Waals surface area (Å²) in [5.41, 5.74) is 0.567. The van der Waals surface area contributed by atoms with Crippen molar-refractivity contribution in [1.82, 2.24) is 29.5 Å². The molecule has 1 fully saturated rings. The molecule has 0 spiro atoms. The number of nitrogens with zero attached hydrogens (tertiary/aromatic N) is 7. The van der Waals surface area contributed by atoms with Crippen molar-refractivity contribution in [2.75, 3.05) is 18.0 Å². The van der Waals surface area contributed by atoms with Crippen molar-refractivity contribution in [2.45, 2.75) is 25.4 Å². The predicted molar refractivity (Wildman–Crippen MR) is 98.6 cm³/mol. The van der Waals surface area contributed by atoms with E-state index in [0.717, 1.165) is 0 Å². The van der Waals surface area contributed by atoms with Crippen molar-refractivity contribution in [3.63, 3.8) is 0 Å². The van der Waals surface area contributed by atoms with Crippen LogP contribution in [0.15, 0.2) is 41.7 Å². The van der Waals surface area contributed by atoms with Crippen LogP contribution in [0, 0.1) is 0 Å². The van der Waals surface area contributed by atoms with E-state index in [1.54, 1.807) is 25.4 Å². The molecule has 1 unspecified atom stereocenters. The Bertz CT molecular complexity index is 1070. The summed E-state index contributed by atoms with van der Waals surface area (Å²) in [5, 5.41) is 8.49. The fourth-order valence-electron chi connectivity index (χ4n) is 3.04. The molecule has 1 saturated heterocycles. The number of hydrogen-bond acceptors (Lipinski definition) is 6. The molecule has 0 bridgehead atoms. The van der Waals surface area contributed by atoms with Gasteiger partial charge in [-0.05, 0) is 13.0 Å². The molecule has 4 rings (SSSR count). The normalized spacial score (nSPS) is 17.1. The first kappa shape index (κ1) is 18.5. The molecule has 4 heterocycles. The van der Waals surface area contributed by atoms with E-state index in [0.29, 0.717) is 22.2 Å². The van der Waals surface area contributed by atoms with Crippen LogP contribution in [0.5, 0.6) is 0 Å². The van der Waals surface area contributed by atoms with Crippen LogP contribution in [-0.4, -0.2) is 48.5 Å². The minimum absolute atomic E-state index is 0.206. The smallest absolute Gasteiger partial charge is 0.266 e. The van der Waals surface area contributed by atoms with Gasteiger partial charge in [0.05, 0.1) is 25.1 Å². The third-order valence-corrected chi connectivity index (χ3v) is 4.82. The number of alkyl halides is 2. The Balaban J connectivity index is 1.59. The van der Waals surface area contributed by atoms with Gasteiger partial charge in [0.15, 0.2) is 0 Å². The number of rotatable bonds is 4. The molecular formula is C17H16ClF2N7O. The summed E-state index contributed by atoms with van der Waals surface area (Å²) in [6.45, 7) is 1.62. The van der Waals surface area contributed by atoms with Gasteiger partial charge in [-0.2, -0.15) is 0 Å². The van der Waals surface area contributed by atoms with Gasteiger partial charge in [0.25, 0.3) is 11.5 Å². The van der Waals surface area contributed by atoms with Crippen LogP contribution in [0.25, 0.3) is 11.4 Å². The lowest BCUT2D eigenvalue weighted by molar-refractivity contribution is 0.0256. The lowest BCUT2D eigenvalue weighted by atomic mass is 10.3. The maximum absolute atomic E-state index is 13.5. The molecule has 11 heteroatoms. The van der Waals surface area contributed by atoms with Crippen molar-refractivity contribution in [2.24, 2.45) is 0 Å². The Kier molecular flexibility index (Phi) is 4.58. The summed E-state index contributed by atoms with van der Waals surface area (Å²) in [4.78, 5) is 22.1. The van der Waals surface area contributed by atoms with Crippen LogP contribution in [0.1, 0.15) is 19.5 Å². The highest BCUT2D eigenvalue weighted by molar-refractivity contribution is 6.30. The third-order valence-electron chi connectivity index (χ3n) is 4.58. The van der Waals surface area contributed by atoms with Crippen LogP contribution >= 0.6 is 11.6 Å². The van der Waals surface area contributed by atoms with Crippen LogP contribution in [0.4, 0.5) is 14.6 Å². The number of halogens is 3. The average Bonchev–Trinajstić information content (AvgIpc) is 3.28. The van der Waals surface area contributed by atoms with E-state index >= 15 is 0 Å². The van der Waals surface area contributed by atoms with Crippen molar-refractivity contribution in [3.05, 3.63) is 52.3 Å². The predicted octanol–water partition coefficient (Wildman–Crippen LogP) is 2.46. The Labute approximate surface area is 163 Å². The largest absolute Gasteiger partial charge is 0.349 e. The molecule has 0 aliphatic carbocycles. The van der Waals surface area contributed by atoms with Gasteiger partial charge in [-0.1, -0.05) is 16.8 Å². The maximum Gasteiger partial charge on any atom is 0.266 e. The molecule has 28 heavy (non-hydrogen) atoms. The quantitative estimate of drug-likeness (QED) is 0.660. The highest BCUT2D eigenvalue weighted by Crippen LogP contribution is 2.30. The minimum Gasteiger partial charge on any atom is -0.349 e. The Morgan fingerprint density at radius 3 is 2.82 bits per heavy atom. The Morgan fingerprint density at radius 1 is 1.29 bits per heavy atom. The van der Waals surface area contributed by atoms with E-state index in [2.05, 4.69) is 20.3 Å². The summed E-state index contributed by atoms with van der Waals surface area (Å²) < 4.78 is 29.9. The summed E-state index contributed by atoms with van der Waals surface area (Å²) in [7, 11) is 0. The summed E-state index contributed by atoms with van der Waals surface area (Å²) in [5.74, 6) is -2.35. The zero-order chi connectivity index (χ0) is 19.9. The lowest BCUT2D eigenvalue weighted by Crippen LogP contribution is -2.26. The third kappa shape index (κ3) is 3.59. The second kappa shape index (κ2) is 6.93. The molecular weight excluding hydrogens is 392 g/mol. The average molecular weight is 408 g/mol. The second-order valence-electron chi connectivity index (χ2n) is 6.60. The van der Waals surface area contributed by atoms with Crippen LogP contribution in [0.3, 0.4) is 0 Å². The van der Waals surface area contributed by atoms with Crippen molar-refractivity contribution >= 4 is 17.4 Å². The van der Waals surface area contributed by atoms with E-state index in [-0.39, 0.29) is 25.1 Å². The van der Waals surface area contributed by atoms with Gasteiger partial charge in [0.2, 0.25) is 0 Å². The van der Waals surface area contributed by atoms with E-state index < -0.39 is 12.1 Å². The Morgan fingerprint density at radius 2 is 2.11 bits per heavy atom. The first-order valence-corrected chi connectivity index (χ1v) is 8.95. The van der Waals surface area contributed by atoms with Gasteiger partial charge in [-0.15, -0.1) is 5.10 Å². The summed E-state index contributed by atoms with van der Waals surface area (Å²) in [6, 6.07) is 2.93. The van der Waals surface area contributed by atoms with Gasteiger partial charge < -0.3 is 4.90 Å². The molecule has 0 saturated carbocycles. The summed E-state index contributed by atoms with van der Waals surface area (Å²) in [6.07, 6.45) is 5.49. The molecule has 0 aromatic carbocycles. The maximum atomic E-state index is 13.5. The van der Waals surface area contributed by atoms with E-state index in [9.17, 15) is 13.6 Å². The molecule has 146 valence electrons. The molecule has 0 radical (unpaired) electrons. The van der Waals surface area contributed by atoms with Gasteiger partial charge >= 0.3 is 0 Å². The standard InChI is InChI=1S/C17H16ClF2N7O/c1-11(26-4-2-12(18)6-16(26)28)27-9-14(23-24-27)13-7-21-8-15(22-13)25-5-3-17(19,20)10-25/h2,4,6-9,11H,3,5,10H2,1H3. The molecule has 0 N–H and O–H groups in total.